The summed E-state index contributed by atoms with van der Waals surface area (Å²) in [7, 11) is 0. The molecule has 2 saturated heterocycles. The molecule has 3 unspecified atom stereocenters. The molecular weight excluding hydrogens is 344 g/mol. The van der Waals surface area contributed by atoms with Gasteiger partial charge in [-0.05, 0) is 56.0 Å². The van der Waals surface area contributed by atoms with E-state index < -0.39 is 6.04 Å². The molecule has 27 heavy (non-hydrogen) atoms. The van der Waals surface area contributed by atoms with Crippen molar-refractivity contribution in [3.8, 4) is 0 Å². The second-order valence-corrected chi connectivity index (χ2v) is 7.81. The summed E-state index contributed by atoms with van der Waals surface area (Å²) in [5.41, 5.74) is 2.76. The first-order chi connectivity index (χ1) is 13.0. The smallest absolute Gasteiger partial charge is 0.255 e. The van der Waals surface area contributed by atoms with Crippen molar-refractivity contribution in [1.29, 1.82) is 0 Å². The quantitative estimate of drug-likeness (QED) is 0.658. The molecule has 7 nitrogen and oxygen atoms in total. The van der Waals surface area contributed by atoms with Crippen LogP contribution in [0.15, 0.2) is 18.2 Å². The van der Waals surface area contributed by atoms with Gasteiger partial charge in [-0.25, -0.2) is 0 Å². The fraction of sp³-hybridized carbons (Fsp3) is 0.550. The number of nitrogens with zero attached hydrogens (tertiary/aromatic N) is 1. The molecule has 3 heterocycles. The van der Waals surface area contributed by atoms with Crippen LogP contribution in [0.5, 0.6) is 0 Å². The van der Waals surface area contributed by atoms with Crippen molar-refractivity contribution in [2.24, 2.45) is 5.92 Å². The van der Waals surface area contributed by atoms with E-state index in [1.165, 1.54) is 6.42 Å². The van der Waals surface area contributed by atoms with Crippen LogP contribution in [0, 0.1) is 5.92 Å². The van der Waals surface area contributed by atoms with Crippen LogP contribution in [0.25, 0.3) is 0 Å². The lowest BCUT2D eigenvalue weighted by atomic mass is 10.00. The lowest BCUT2D eigenvalue weighted by molar-refractivity contribution is -0.136. The number of fused-ring (bicyclic) bond motifs is 1. The number of benzene rings is 1. The van der Waals surface area contributed by atoms with Crippen molar-refractivity contribution < 1.29 is 14.4 Å². The van der Waals surface area contributed by atoms with Gasteiger partial charge in [0.2, 0.25) is 11.8 Å². The highest BCUT2D eigenvalue weighted by Gasteiger charge is 2.39. The normalized spacial score (nSPS) is 26.3. The number of nitrogens with one attached hydrogen (secondary N) is 3. The monoisotopic (exact) mass is 370 g/mol. The Bertz CT molecular complexity index is 772. The topological polar surface area (TPSA) is 90.5 Å². The highest BCUT2D eigenvalue weighted by atomic mass is 16.2. The Morgan fingerprint density at radius 2 is 2.11 bits per heavy atom. The summed E-state index contributed by atoms with van der Waals surface area (Å²) in [6.07, 6.45) is 1.87. The number of carbonyl (C=O) groups excluding carboxylic acids is 3. The second-order valence-electron chi connectivity index (χ2n) is 7.81. The zero-order chi connectivity index (χ0) is 19.0. The molecule has 1 aromatic carbocycles. The number of hydrogen-bond acceptors (Lipinski definition) is 5. The van der Waals surface area contributed by atoms with Crippen LogP contribution < -0.4 is 16.0 Å². The van der Waals surface area contributed by atoms with Crippen LogP contribution in [0.1, 0.15) is 47.7 Å². The van der Waals surface area contributed by atoms with Gasteiger partial charge < -0.3 is 15.5 Å². The Hall–Kier alpha value is -2.25. The Morgan fingerprint density at radius 1 is 1.26 bits per heavy atom. The molecular formula is C20H26N4O3. The van der Waals surface area contributed by atoms with E-state index in [4.69, 9.17) is 0 Å². The van der Waals surface area contributed by atoms with E-state index in [0.29, 0.717) is 30.5 Å². The summed E-state index contributed by atoms with van der Waals surface area (Å²) >= 11 is 0. The summed E-state index contributed by atoms with van der Waals surface area (Å²) < 4.78 is 0. The van der Waals surface area contributed by atoms with Gasteiger partial charge in [0, 0.05) is 31.1 Å². The summed E-state index contributed by atoms with van der Waals surface area (Å²) in [4.78, 5) is 37.8. The Balaban J connectivity index is 1.41. The third-order valence-corrected chi connectivity index (χ3v) is 6.02. The average Bonchev–Trinajstić information content (AvgIpc) is 3.29. The molecule has 0 saturated carbocycles. The molecule has 0 bridgehead atoms. The molecule has 1 aromatic rings. The molecule has 0 aliphatic carbocycles. The minimum absolute atomic E-state index is 0.121. The van der Waals surface area contributed by atoms with E-state index in [0.717, 1.165) is 30.8 Å². The van der Waals surface area contributed by atoms with Crippen molar-refractivity contribution in [2.75, 3.05) is 13.1 Å². The standard InChI is InChI=1S/C20H26N4O3/c1-12(14-6-7-21-10-14)22-9-13-2-3-16-15(8-13)11-24(20(16)27)17-4-5-18(25)23-19(17)26/h2-3,8,12,14,17,21-22H,4-7,9-11H2,1H3,(H,23,25,26). The van der Waals surface area contributed by atoms with Crippen LogP contribution in [-0.4, -0.2) is 47.8 Å². The number of hydrogen-bond donors (Lipinski definition) is 3. The van der Waals surface area contributed by atoms with E-state index in [1.807, 2.05) is 12.1 Å². The molecule has 0 aromatic heterocycles. The SMILES string of the molecule is CC(NCc1ccc2c(c1)CN(C1CCC(=O)NC1=O)C2=O)C1CCNC1. The lowest BCUT2D eigenvalue weighted by Gasteiger charge is -2.29. The highest BCUT2D eigenvalue weighted by molar-refractivity contribution is 6.05. The van der Waals surface area contributed by atoms with E-state index in [1.54, 1.807) is 4.90 Å². The second kappa shape index (κ2) is 7.40. The first-order valence-corrected chi connectivity index (χ1v) is 9.73. The van der Waals surface area contributed by atoms with Gasteiger partial charge in [0.1, 0.15) is 6.04 Å². The minimum Gasteiger partial charge on any atom is -0.322 e. The third-order valence-electron chi connectivity index (χ3n) is 6.02. The van der Waals surface area contributed by atoms with Crippen molar-refractivity contribution in [1.82, 2.24) is 20.9 Å². The van der Waals surface area contributed by atoms with Gasteiger partial charge in [0.05, 0.1) is 0 Å². The summed E-state index contributed by atoms with van der Waals surface area (Å²) in [6.45, 7) is 5.56. The van der Waals surface area contributed by atoms with Crippen LogP contribution >= 0.6 is 0 Å². The van der Waals surface area contributed by atoms with E-state index in [-0.39, 0.29) is 24.1 Å². The number of rotatable bonds is 5. The van der Waals surface area contributed by atoms with E-state index in [9.17, 15) is 14.4 Å². The largest absolute Gasteiger partial charge is 0.322 e. The van der Waals surface area contributed by atoms with Gasteiger partial charge in [0.25, 0.3) is 5.91 Å². The van der Waals surface area contributed by atoms with Gasteiger partial charge >= 0.3 is 0 Å². The van der Waals surface area contributed by atoms with Crippen molar-refractivity contribution in [3.05, 3.63) is 34.9 Å². The van der Waals surface area contributed by atoms with Crippen LogP contribution in [0.3, 0.4) is 0 Å². The van der Waals surface area contributed by atoms with Gasteiger partial charge in [-0.3, -0.25) is 19.7 Å². The molecule has 0 spiro atoms. The summed E-state index contributed by atoms with van der Waals surface area (Å²) in [5.74, 6) is -0.0953. The van der Waals surface area contributed by atoms with Crippen LogP contribution in [0.4, 0.5) is 0 Å². The molecule has 7 heteroatoms. The number of carbonyl (C=O) groups is 3. The Kier molecular flexibility index (Phi) is 4.97. The van der Waals surface area contributed by atoms with Crippen molar-refractivity contribution in [2.45, 2.75) is 51.4 Å². The highest BCUT2D eigenvalue weighted by Crippen LogP contribution is 2.28. The van der Waals surface area contributed by atoms with Gasteiger partial charge in [-0.15, -0.1) is 0 Å². The van der Waals surface area contributed by atoms with Crippen LogP contribution in [-0.2, 0) is 22.7 Å². The molecule has 3 aliphatic rings. The lowest BCUT2D eigenvalue weighted by Crippen LogP contribution is -2.52. The average molecular weight is 370 g/mol. The minimum atomic E-state index is -0.556. The molecule has 3 atom stereocenters. The molecule has 0 radical (unpaired) electrons. The summed E-state index contributed by atoms with van der Waals surface area (Å²) in [5, 5.41) is 9.32. The van der Waals surface area contributed by atoms with Crippen molar-refractivity contribution in [3.63, 3.8) is 0 Å². The number of amides is 3. The zero-order valence-corrected chi connectivity index (χ0v) is 15.6. The number of imide groups is 1. The Morgan fingerprint density at radius 3 is 2.85 bits per heavy atom. The predicted octanol–water partition coefficient (Wildman–Crippen LogP) is 0.535. The molecule has 3 aliphatic heterocycles. The molecule has 2 fully saturated rings. The van der Waals surface area contributed by atoms with Gasteiger partial charge in [-0.1, -0.05) is 12.1 Å². The zero-order valence-electron chi connectivity index (χ0n) is 15.6. The fourth-order valence-corrected chi connectivity index (χ4v) is 4.29. The first-order valence-electron chi connectivity index (χ1n) is 9.73. The van der Waals surface area contributed by atoms with E-state index >= 15 is 0 Å². The number of piperidine rings is 1. The Labute approximate surface area is 158 Å². The molecule has 3 N–H and O–H groups in total. The maximum atomic E-state index is 12.7. The van der Waals surface area contributed by atoms with Gasteiger partial charge in [0.15, 0.2) is 0 Å². The third kappa shape index (κ3) is 3.61. The van der Waals surface area contributed by atoms with E-state index in [2.05, 4.69) is 28.9 Å². The maximum Gasteiger partial charge on any atom is 0.255 e. The molecule has 3 amide bonds. The first kappa shape index (κ1) is 18.1. The van der Waals surface area contributed by atoms with Crippen LogP contribution in [0.2, 0.25) is 0 Å². The van der Waals surface area contributed by atoms with Crippen molar-refractivity contribution >= 4 is 17.7 Å². The maximum absolute atomic E-state index is 12.7. The molecule has 144 valence electrons. The summed E-state index contributed by atoms with van der Waals surface area (Å²) in [6, 6.07) is 5.79. The molecule has 4 rings (SSSR count). The van der Waals surface area contributed by atoms with Gasteiger partial charge in [-0.2, -0.15) is 0 Å². The fourth-order valence-electron chi connectivity index (χ4n) is 4.29. The predicted molar refractivity (Wildman–Crippen MR) is 99.8 cm³/mol.